The molecule has 0 amide bonds. The minimum absolute atomic E-state index is 0.132. The second-order valence-corrected chi connectivity index (χ2v) is 3.08. The maximum atomic E-state index is 12.5. The summed E-state index contributed by atoms with van der Waals surface area (Å²) in [6.45, 7) is -0.224. The van der Waals surface area contributed by atoms with Crippen molar-refractivity contribution in [2.45, 2.75) is 6.18 Å². The molecule has 0 bridgehead atoms. The fourth-order valence-corrected chi connectivity index (χ4v) is 1.19. The zero-order valence-corrected chi connectivity index (χ0v) is 8.58. The van der Waals surface area contributed by atoms with E-state index in [0.717, 1.165) is 12.1 Å². The smallest absolute Gasteiger partial charge is 0.416 e. The minimum atomic E-state index is -4.41. The molecule has 88 valence electrons. The zero-order valence-electron chi connectivity index (χ0n) is 8.58. The van der Waals surface area contributed by atoms with Gasteiger partial charge in [0.1, 0.15) is 5.75 Å². The van der Waals surface area contributed by atoms with Crippen LogP contribution in [0.5, 0.6) is 5.75 Å². The summed E-state index contributed by atoms with van der Waals surface area (Å²) >= 11 is 0. The number of aliphatic hydroxyl groups excluding tert-OH is 1. The van der Waals surface area contributed by atoms with Gasteiger partial charge >= 0.3 is 6.18 Å². The number of benzene rings is 1. The molecule has 0 saturated carbocycles. The predicted molar refractivity (Wildman–Crippen MR) is 54.1 cm³/mol. The van der Waals surface area contributed by atoms with Gasteiger partial charge in [-0.1, -0.05) is 12.2 Å². The number of hydrogen-bond acceptors (Lipinski definition) is 2. The van der Waals surface area contributed by atoms with Crippen LogP contribution in [0.15, 0.2) is 24.3 Å². The summed E-state index contributed by atoms with van der Waals surface area (Å²) in [6, 6.07) is 3.38. The lowest BCUT2D eigenvalue weighted by Gasteiger charge is -2.09. The Bertz CT molecular complexity index is 383. The van der Waals surface area contributed by atoms with Gasteiger partial charge < -0.3 is 9.84 Å². The average molecular weight is 232 g/mol. The summed E-state index contributed by atoms with van der Waals surface area (Å²) in [5, 5.41) is 8.54. The second kappa shape index (κ2) is 5.03. The van der Waals surface area contributed by atoms with E-state index in [9.17, 15) is 13.2 Å². The van der Waals surface area contributed by atoms with E-state index in [1.165, 1.54) is 25.3 Å². The van der Waals surface area contributed by atoms with Crippen LogP contribution in [0.25, 0.3) is 6.08 Å². The number of aliphatic hydroxyl groups is 1. The van der Waals surface area contributed by atoms with Gasteiger partial charge in [0.2, 0.25) is 0 Å². The first-order valence-corrected chi connectivity index (χ1v) is 4.51. The van der Waals surface area contributed by atoms with Gasteiger partial charge in [-0.3, -0.25) is 0 Å². The first kappa shape index (κ1) is 12.6. The van der Waals surface area contributed by atoms with Gasteiger partial charge in [-0.25, -0.2) is 0 Å². The molecule has 0 spiro atoms. The molecular formula is C11H11F3O2. The van der Waals surface area contributed by atoms with Crippen molar-refractivity contribution in [3.05, 3.63) is 35.4 Å². The summed E-state index contributed by atoms with van der Waals surface area (Å²) < 4.78 is 42.2. The molecule has 5 heteroatoms. The standard InChI is InChI=1S/C11H11F3O2/c1-16-10-6-8(3-2-4-15)5-9(7-10)11(12,13)14/h2-3,5-7,15H,4H2,1H3. The lowest BCUT2D eigenvalue weighted by Crippen LogP contribution is -2.05. The van der Waals surface area contributed by atoms with Crippen LogP contribution in [0, 0.1) is 0 Å². The first-order chi connectivity index (χ1) is 7.47. The molecule has 0 saturated heterocycles. The summed E-state index contributed by atoms with van der Waals surface area (Å²) in [5.41, 5.74) is -0.440. The Morgan fingerprint density at radius 3 is 2.50 bits per heavy atom. The molecule has 0 aliphatic heterocycles. The quantitative estimate of drug-likeness (QED) is 0.868. The molecule has 1 aromatic carbocycles. The van der Waals surface area contributed by atoms with Gasteiger partial charge in [0.15, 0.2) is 0 Å². The number of hydrogen-bond donors (Lipinski definition) is 1. The van der Waals surface area contributed by atoms with Crippen LogP contribution in [0.1, 0.15) is 11.1 Å². The Kier molecular flexibility index (Phi) is 3.95. The third-order valence-electron chi connectivity index (χ3n) is 1.91. The molecule has 0 unspecified atom stereocenters. The number of methoxy groups -OCH3 is 1. The zero-order chi connectivity index (χ0) is 12.2. The lowest BCUT2D eigenvalue weighted by atomic mass is 10.1. The number of halogens is 3. The summed E-state index contributed by atoms with van der Waals surface area (Å²) in [4.78, 5) is 0. The highest BCUT2D eigenvalue weighted by molar-refractivity contribution is 5.54. The van der Waals surface area contributed by atoms with Gasteiger partial charge in [0.05, 0.1) is 19.3 Å². The van der Waals surface area contributed by atoms with Crippen LogP contribution in [-0.2, 0) is 6.18 Å². The van der Waals surface area contributed by atoms with Crippen LogP contribution < -0.4 is 4.74 Å². The molecule has 0 atom stereocenters. The van der Waals surface area contributed by atoms with E-state index in [0.29, 0.717) is 5.56 Å². The van der Waals surface area contributed by atoms with Crippen molar-refractivity contribution in [3.8, 4) is 5.75 Å². The van der Waals surface area contributed by atoms with E-state index in [2.05, 4.69) is 0 Å². The fraction of sp³-hybridized carbons (Fsp3) is 0.273. The monoisotopic (exact) mass is 232 g/mol. The molecule has 1 aromatic rings. The highest BCUT2D eigenvalue weighted by Gasteiger charge is 2.31. The third-order valence-corrected chi connectivity index (χ3v) is 1.91. The Hall–Kier alpha value is -1.49. The van der Waals surface area contributed by atoms with Crippen LogP contribution in [0.2, 0.25) is 0 Å². The van der Waals surface area contributed by atoms with Crippen molar-refractivity contribution in [2.24, 2.45) is 0 Å². The summed E-state index contributed by atoms with van der Waals surface area (Å²) in [7, 11) is 1.30. The SMILES string of the molecule is COc1cc(C=CCO)cc(C(F)(F)F)c1. The maximum absolute atomic E-state index is 12.5. The highest BCUT2D eigenvalue weighted by Crippen LogP contribution is 2.32. The third kappa shape index (κ3) is 3.27. The van der Waals surface area contributed by atoms with E-state index in [1.54, 1.807) is 0 Å². The molecule has 0 aromatic heterocycles. The Morgan fingerprint density at radius 1 is 1.31 bits per heavy atom. The topological polar surface area (TPSA) is 29.5 Å². The number of alkyl halides is 3. The van der Waals surface area contributed by atoms with Crippen molar-refractivity contribution < 1.29 is 23.0 Å². The van der Waals surface area contributed by atoms with Crippen LogP contribution in [0.4, 0.5) is 13.2 Å². The van der Waals surface area contributed by atoms with E-state index in [-0.39, 0.29) is 12.4 Å². The molecule has 1 rings (SSSR count). The molecule has 0 aliphatic rings. The minimum Gasteiger partial charge on any atom is -0.497 e. The predicted octanol–water partition coefficient (Wildman–Crippen LogP) is 2.72. The van der Waals surface area contributed by atoms with Crippen molar-refractivity contribution in [1.29, 1.82) is 0 Å². The Morgan fingerprint density at radius 2 is 2.00 bits per heavy atom. The number of ether oxygens (including phenoxy) is 1. The molecule has 0 aliphatic carbocycles. The van der Waals surface area contributed by atoms with E-state index >= 15 is 0 Å². The molecule has 1 N–H and O–H groups in total. The van der Waals surface area contributed by atoms with Gasteiger partial charge in [-0.05, 0) is 23.8 Å². The molecular weight excluding hydrogens is 221 g/mol. The Balaban J connectivity index is 3.16. The fourth-order valence-electron chi connectivity index (χ4n) is 1.19. The maximum Gasteiger partial charge on any atom is 0.416 e. The normalized spacial score (nSPS) is 12.1. The molecule has 0 fully saturated rings. The summed E-state index contributed by atoms with van der Waals surface area (Å²) in [6.07, 6.45) is -1.65. The summed E-state index contributed by atoms with van der Waals surface area (Å²) in [5.74, 6) is 0.132. The van der Waals surface area contributed by atoms with E-state index in [1.807, 2.05) is 0 Å². The van der Waals surface area contributed by atoms with E-state index in [4.69, 9.17) is 9.84 Å². The molecule has 16 heavy (non-hydrogen) atoms. The van der Waals surface area contributed by atoms with Gasteiger partial charge in [0.25, 0.3) is 0 Å². The average Bonchev–Trinajstić information content (AvgIpc) is 2.24. The lowest BCUT2D eigenvalue weighted by molar-refractivity contribution is -0.137. The van der Waals surface area contributed by atoms with Crippen LogP contribution in [0.3, 0.4) is 0 Å². The molecule has 0 radical (unpaired) electrons. The van der Waals surface area contributed by atoms with Crippen molar-refractivity contribution in [3.63, 3.8) is 0 Å². The first-order valence-electron chi connectivity index (χ1n) is 4.51. The molecule has 2 nitrogen and oxygen atoms in total. The van der Waals surface area contributed by atoms with Gasteiger partial charge in [-0.2, -0.15) is 13.2 Å². The van der Waals surface area contributed by atoms with Crippen molar-refractivity contribution in [1.82, 2.24) is 0 Å². The molecule has 0 heterocycles. The highest BCUT2D eigenvalue weighted by atomic mass is 19.4. The van der Waals surface area contributed by atoms with Gasteiger partial charge in [0, 0.05) is 0 Å². The van der Waals surface area contributed by atoms with Gasteiger partial charge in [-0.15, -0.1) is 0 Å². The van der Waals surface area contributed by atoms with E-state index < -0.39 is 11.7 Å². The van der Waals surface area contributed by atoms with Crippen LogP contribution >= 0.6 is 0 Å². The van der Waals surface area contributed by atoms with Crippen molar-refractivity contribution >= 4 is 6.08 Å². The van der Waals surface area contributed by atoms with Crippen molar-refractivity contribution in [2.75, 3.05) is 13.7 Å². The van der Waals surface area contributed by atoms with Crippen LogP contribution in [-0.4, -0.2) is 18.8 Å². The second-order valence-electron chi connectivity index (χ2n) is 3.08. The Labute approximate surface area is 91.0 Å². The largest absolute Gasteiger partial charge is 0.497 e. The number of rotatable bonds is 3.